The first kappa shape index (κ1) is 19.4. The summed E-state index contributed by atoms with van der Waals surface area (Å²) in [6.07, 6.45) is 1.04. The lowest BCUT2D eigenvalue weighted by molar-refractivity contribution is -0.119. The van der Waals surface area contributed by atoms with Gasteiger partial charge in [-0.2, -0.15) is 4.31 Å². The molecule has 1 saturated heterocycles. The van der Waals surface area contributed by atoms with Gasteiger partial charge in [-0.25, -0.2) is 8.42 Å². The maximum atomic E-state index is 13.2. The number of rotatable bonds is 4. The van der Waals surface area contributed by atoms with Crippen molar-refractivity contribution >= 4 is 33.2 Å². The minimum Gasteiger partial charge on any atom is -0.482 e. The number of nitrogens with one attached hydrogen (secondary N) is 2. The Labute approximate surface area is 168 Å². The van der Waals surface area contributed by atoms with E-state index in [0.29, 0.717) is 30.0 Å². The molecule has 2 aliphatic rings. The van der Waals surface area contributed by atoms with E-state index in [1.165, 1.54) is 22.5 Å². The topological polar surface area (TPSA) is 105 Å². The van der Waals surface area contributed by atoms with E-state index in [1.54, 1.807) is 12.1 Å². The molecule has 0 spiro atoms. The van der Waals surface area contributed by atoms with Gasteiger partial charge in [0, 0.05) is 12.2 Å². The van der Waals surface area contributed by atoms with Crippen molar-refractivity contribution in [2.75, 3.05) is 23.8 Å². The average molecular weight is 415 g/mol. The number of carbonyl (C=O) groups excluding carboxylic acids is 2. The Morgan fingerprint density at radius 3 is 2.72 bits per heavy atom. The molecule has 0 aliphatic carbocycles. The second-order valence-electron chi connectivity index (χ2n) is 7.12. The summed E-state index contributed by atoms with van der Waals surface area (Å²) in [6, 6.07) is 10.8. The second kappa shape index (κ2) is 7.49. The molecule has 29 heavy (non-hydrogen) atoms. The monoisotopic (exact) mass is 415 g/mol. The second-order valence-corrected chi connectivity index (χ2v) is 9.01. The maximum absolute atomic E-state index is 13.2. The van der Waals surface area contributed by atoms with E-state index in [2.05, 4.69) is 10.6 Å². The zero-order valence-electron chi connectivity index (χ0n) is 15.8. The molecule has 0 bridgehead atoms. The lowest BCUT2D eigenvalue weighted by atomic mass is 10.2. The van der Waals surface area contributed by atoms with Gasteiger partial charge in [-0.05, 0) is 50.1 Å². The highest BCUT2D eigenvalue weighted by Gasteiger charge is 2.39. The van der Waals surface area contributed by atoms with Gasteiger partial charge in [0.2, 0.25) is 15.9 Å². The Kier molecular flexibility index (Phi) is 5.01. The Balaban J connectivity index is 1.57. The number of amides is 2. The number of carbonyl (C=O) groups is 2. The molecule has 9 heteroatoms. The van der Waals surface area contributed by atoms with Crippen LogP contribution in [0.1, 0.15) is 18.4 Å². The average Bonchev–Trinajstić information content (AvgIpc) is 3.20. The number of nitrogens with zero attached hydrogens (tertiary/aromatic N) is 1. The Morgan fingerprint density at radius 2 is 1.97 bits per heavy atom. The Morgan fingerprint density at radius 1 is 1.21 bits per heavy atom. The Hall–Kier alpha value is -2.91. The van der Waals surface area contributed by atoms with Crippen molar-refractivity contribution < 1.29 is 22.7 Å². The van der Waals surface area contributed by atoms with E-state index in [4.69, 9.17) is 4.74 Å². The summed E-state index contributed by atoms with van der Waals surface area (Å²) in [5.41, 5.74) is 2.00. The van der Waals surface area contributed by atoms with Crippen molar-refractivity contribution in [3.05, 3.63) is 48.0 Å². The predicted molar refractivity (Wildman–Crippen MR) is 107 cm³/mol. The molecule has 152 valence electrons. The van der Waals surface area contributed by atoms with Crippen LogP contribution in [0.25, 0.3) is 0 Å². The van der Waals surface area contributed by atoms with Gasteiger partial charge in [-0.3, -0.25) is 9.59 Å². The molecule has 4 rings (SSSR count). The molecule has 2 aromatic rings. The summed E-state index contributed by atoms with van der Waals surface area (Å²) in [7, 11) is -3.92. The van der Waals surface area contributed by atoms with Crippen LogP contribution in [0.15, 0.2) is 47.4 Å². The predicted octanol–water partition coefficient (Wildman–Crippen LogP) is 2.12. The summed E-state index contributed by atoms with van der Waals surface area (Å²) in [6.45, 7) is 2.10. The van der Waals surface area contributed by atoms with Crippen LogP contribution in [0.2, 0.25) is 0 Å². The molecule has 8 nitrogen and oxygen atoms in total. The van der Waals surface area contributed by atoms with Crippen molar-refractivity contribution in [1.29, 1.82) is 0 Å². The lowest BCUT2D eigenvalue weighted by Gasteiger charge is -2.24. The summed E-state index contributed by atoms with van der Waals surface area (Å²) in [5.74, 6) is -0.285. The van der Waals surface area contributed by atoms with Gasteiger partial charge < -0.3 is 15.4 Å². The van der Waals surface area contributed by atoms with E-state index in [9.17, 15) is 18.0 Å². The molecule has 0 aromatic heterocycles. The van der Waals surface area contributed by atoms with Gasteiger partial charge in [0.1, 0.15) is 11.8 Å². The fourth-order valence-electron chi connectivity index (χ4n) is 3.51. The number of benzene rings is 2. The molecule has 1 fully saturated rings. The lowest BCUT2D eigenvalue weighted by Crippen LogP contribution is -2.43. The number of ether oxygens (including phenoxy) is 1. The minimum atomic E-state index is -3.92. The first-order chi connectivity index (χ1) is 13.8. The number of hydrogen-bond acceptors (Lipinski definition) is 5. The number of aryl methyl sites for hydroxylation is 1. The highest BCUT2D eigenvalue weighted by atomic mass is 32.2. The van der Waals surface area contributed by atoms with E-state index in [-0.39, 0.29) is 29.9 Å². The molecule has 2 aromatic carbocycles. The maximum Gasteiger partial charge on any atom is 0.262 e. The molecule has 2 amide bonds. The van der Waals surface area contributed by atoms with Crippen molar-refractivity contribution in [3.8, 4) is 5.75 Å². The molecule has 2 N–H and O–H groups in total. The first-order valence-corrected chi connectivity index (χ1v) is 10.7. The molecule has 0 unspecified atom stereocenters. The van der Waals surface area contributed by atoms with E-state index < -0.39 is 16.1 Å². The van der Waals surface area contributed by atoms with Gasteiger partial charge in [0.25, 0.3) is 5.91 Å². The normalized spacial score (nSPS) is 19.2. The fourth-order valence-corrected chi connectivity index (χ4v) is 5.19. The molecule has 2 aliphatic heterocycles. The summed E-state index contributed by atoms with van der Waals surface area (Å²) in [4.78, 5) is 24.3. The highest BCUT2D eigenvalue weighted by molar-refractivity contribution is 7.89. The van der Waals surface area contributed by atoms with Gasteiger partial charge in [0.05, 0.1) is 10.6 Å². The van der Waals surface area contributed by atoms with Gasteiger partial charge in [0.15, 0.2) is 6.61 Å². The zero-order valence-corrected chi connectivity index (χ0v) is 16.7. The number of hydrogen-bond donors (Lipinski definition) is 2. The number of anilines is 2. The smallest absolute Gasteiger partial charge is 0.262 e. The first-order valence-electron chi connectivity index (χ1n) is 9.31. The van der Waals surface area contributed by atoms with Gasteiger partial charge in [-0.15, -0.1) is 0 Å². The quantitative estimate of drug-likeness (QED) is 0.796. The van der Waals surface area contributed by atoms with E-state index >= 15 is 0 Å². The van der Waals surface area contributed by atoms with Gasteiger partial charge >= 0.3 is 0 Å². The van der Waals surface area contributed by atoms with Crippen molar-refractivity contribution in [2.45, 2.75) is 30.7 Å². The molecule has 2 heterocycles. The van der Waals surface area contributed by atoms with Crippen LogP contribution in [0, 0.1) is 6.92 Å². The third-order valence-electron chi connectivity index (χ3n) is 5.02. The van der Waals surface area contributed by atoms with Crippen LogP contribution in [0.5, 0.6) is 5.75 Å². The van der Waals surface area contributed by atoms with Gasteiger partial charge in [-0.1, -0.05) is 17.7 Å². The van der Waals surface area contributed by atoms with Crippen LogP contribution >= 0.6 is 0 Å². The van der Waals surface area contributed by atoms with E-state index in [1.807, 2.05) is 19.1 Å². The molecular formula is C20H21N3O5S. The Bertz CT molecular complexity index is 1070. The van der Waals surface area contributed by atoms with Crippen LogP contribution in [-0.2, 0) is 19.6 Å². The third-order valence-corrected chi connectivity index (χ3v) is 6.92. The minimum absolute atomic E-state index is 0.0112. The summed E-state index contributed by atoms with van der Waals surface area (Å²) < 4.78 is 32.9. The van der Waals surface area contributed by atoms with Crippen LogP contribution in [0.3, 0.4) is 0 Å². The third kappa shape index (κ3) is 3.83. The largest absolute Gasteiger partial charge is 0.482 e. The van der Waals surface area contributed by atoms with E-state index in [0.717, 1.165) is 5.56 Å². The zero-order chi connectivity index (χ0) is 20.6. The van der Waals surface area contributed by atoms with Crippen LogP contribution < -0.4 is 15.4 Å². The number of sulfonamides is 1. The van der Waals surface area contributed by atoms with Crippen molar-refractivity contribution in [3.63, 3.8) is 0 Å². The standard InChI is InChI=1S/C20H21N3O5S/c1-13-4-6-14(7-5-13)21-20(25)17-3-2-10-23(17)29(26,27)15-8-9-18-16(11-15)22-19(24)12-28-18/h4-9,11,17H,2-3,10,12H2,1H3,(H,21,25)(H,22,24)/t17-/m1/s1. The molecule has 0 saturated carbocycles. The number of fused-ring (bicyclic) bond motifs is 1. The van der Waals surface area contributed by atoms with Crippen LogP contribution in [0.4, 0.5) is 11.4 Å². The van der Waals surface area contributed by atoms with Crippen LogP contribution in [-0.4, -0.2) is 43.7 Å². The molecule has 0 radical (unpaired) electrons. The van der Waals surface area contributed by atoms with Crippen molar-refractivity contribution in [1.82, 2.24) is 4.31 Å². The fraction of sp³-hybridized carbons (Fsp3) is 0.300. The molecule has 1 atom stereocenters. The summed E-state index contributed by atoms with van der Waals surface area (Å²) in [5, 5.41) is 5.41. The SMILES string of the molecule is Cc1ccc(NC(=O)[C@H]2CCCN2S(=O)(=O)c2ccc3c(c2)NC(=O)CO3)cc1. The molecular weight excluding hydrogens is 394 g/mol. The summed E-state index contributed by atoms with van der Waals surface area (Å²) >= 11 is 0. The highest BCUT2D eigenvalue weighted by Crippen LogP contribution is 2.33. The van der Waals surface area contributed by atoms with Crippen molar-refractivity contribution in [2.24, 2.45) is 0 Å².